The van der Waals surface area contributed by atoms with Crippen LogP contribution in [-0.2, 0) is 24.3 Å². The van der Waals surface area contributed by atoms with Gasteiger partial charge in [0.15, 0.2) is 5.78 Å². The van der Waals surface area contributed by atoms with Crippen molar-refractivity contribution in [3.05, 3.63) is 59.4 Å². The Morgan fingerprint density at radius 2 is 1.96 bits per heavy atom. The molecule has 0 fully saturated rings. The number of benzene rings is 2. The molecule has 1 heterocycles. The summed E-state index contributed by atoms with van der Waals surface area (Å²) < 4.78 is 7.40. The number of hydrogen-bond acceptors (Lipinski definition) is 4. The zero-order valence-electron chi connectivity index (χ0n) is 15.8. The molecule has 2 aromatic carbocycles. The Kier molecular flexibility index (Phi) is 5.54. The molecule has 6 heteroatoms. The van der Waals surface area contributed by atoms with Gasteiger partial charge in [0.1, 0.15) is 11.6 Å². The number of fused-ring (bicyclic) bond motifs is 1. The van der Waals surface area contributed by atoms with Crippen molar-refractivity contribution >= 4 is 22.7 Å². The summed E-state index contributed by atoms with van der Waals surface area (Å²) in [7, 11) is 1.55. The molecule has 140 valence electrons. The number of carbonyl (C=O) groups excluding carboxylic acids is 2. The van der Waals surface area contributed by atoms with Gasteiger partial charge in [0.25, 0.3) is 0 Å². The highest BCUT2D eigenvalue weighted by atomic mass is 16.5. The topological polar surface area (TPSA) is 73.2 Å². The molecule has 27 heavy (non-hydrogen) atoms. The van der Waals surface area contributed by atoms with Crippen LogP contribution in [0.2, 0.25) is 0 Å². The standard InChI is InChI=1S/C21H23N3O3/c1-4-24-18-8-6-5-7-17(18)23-20(24)13-22-21(26)12-16-11-15(14(2)25)9-10-19(16)27-3/h5-11H,4,12-13H2,1-3H3,(H,22,26). The summed E-state index contributed by atoms with van der Waals surface area (Å²) in [4.78, 5) is 28.7. The van der Waals surface area contributed by atoms with Crippen molar-refractivity contribution in [2.45, 2.75) is 33.4 Å². The monoisotopic (exact) mass is 365 g/mol. The number of ether oxygens (including phenoxy) is 1. The Morgan fingerprint density at radius 1 is 1.19 bits per heavy atom. The van der Waals surface area contributed by atoms with E-state index in [9.17, 15) is 9.59 Å². The second-order valence-electron chi connectivity index (χ2n) is 6.30. The van der Waals surface area contributed by atoms with Crippen LogP contribution in [0.3, 0.4) is 0 Å². The molecule has 6 nitrogen and oxygen atoms in total. The van der Waals surface area contributed by atoms with Crippen LogP contribution < -0.4 is 10.1 Å². The molecule has 0 radical (unpaired) electrons. The number of carbonyl (C=O) groups is 2. The fraction of sp³-hybridized carbons (Fsp3) is 0.286. The van der Waals surface area contributed by atoms with Crippen LogP contribution in [0.25, 0.3) is 11.0 Å². The van der Waals surface area contributed by atoms with Gasteiger partial charge in [0, 0.05) is 17.7 Å². The molecule has 1 N–H and O–H groups in total. The van der Waals surface area contributed by atoms with E-state index in [0.717, 1.165) is 23.4 Å². The SMILES string of the molecule is CCn1c(CNC(=O)Cc2cc(C(C)=O)ccc2OC)nc2ccccc21. The zero-order valence-corrected chi connectivity index (χ0v) is 15.8. The fourth-order valence-corrected chi connectivity index (χ4v) is 3.16. The molecule has 0 spiro atoms. The summed E-state index contributed by atoms with van der Waals surface area (Å²) in [6.07, 6.45) is 0.136. The fourth-order valence-electron chi connectivity index (χ4n) is 3.16. The van der Waals surface area contributed by atoms with E-state index in [1.165, 1.54) is 6.92 Å². The quantitative estimate of drug-likeness (QED) is 0.653. The minimum absolute atomic E-state index is 0.0454. The summed E-state index contributed by atoms with van der Waals surface area (Å²) in [6.45, 7) is 4.68. The van der Waals surface area contributed by atoms with Gasteiger partial charge in [-0.2, -0.15) is 0 Å². The number of amides is 1. The second kappa shape index (κ2) is 8.03. The van der Waals surface area contributed by atoms with Gasteiger partial charge >= 0.3 is 0 Å². The Balaban J connectivity index is 1.74. The maximum absolute atomic E-state index is 12.5. The van der Waals surface area contributed by atoms with E-state index in [-0.39, 0.29) is 18.1 Å². The van der Waals surface area contributed by atoms with Crippen molar-refractivity contribution in [1.82, 2.24) is 14.9 Å². The Hall–Kier alpha value is -3.15. The maximum Gasteiger partial charge on any atom is 0.224 e. The highest BCUT2D eigenvalue weighted by molar-refractivity contribution is 5.94. The molecule has 0 aliphatic rings. The molecule has 0 saturated carbocycles. The molecule has 0 bridgehead atoms. The lowest BCUT2D eigenvalue weighted by atomic mass is 10.0. The summed E-state index contributed by atoms with van der Waals surface area (Å²) in [5, 5.41) is 2.92. The van der Waals surface area contributed by atoms with Gasteiger partial charge in [0.05, 0.1) is 31.1 Å². The summed E-state index contributed by atoms with van der Waals surface area (Å²) >= 11 is 0. The van der Waals surface area contributed by atoms with Crippen molar-refractivity contribution in [3.63, 3.8) is 0 Å². The first-order chi connectivity index (χ1) is 13.0. The van der Waals surface area contributed by atoms with Gasteiger partial charge in [0.2, 0.25) is 5.91 Å². The number of Topliss-reactive ketones (excluding diaryl/α,β-unsaturated/α-hetero) is 1. The molecule has 3 rings (SSSR count). The van der Waals surface area contributed by atoms with Crippen LogP contribution in [0.15, 0.2) is 42.5 Å². The van der Waals surface area contributed by atoms with Crippen molar-refractivity contribution in [2.24, 2.45) is 0 Å². The van der Waals surface area contributed by atoms with Crippen LogP contribution in [0, 0.1) is 0 Å². The van der Waals surface area contributed by atoms with E-state index >= 15 is 0 Å². The first-order valence-electron chi connectivity index (χ1n) is 8.92. The average Bonchev–Trinajstić information content (AvgIpc) is 3.03. The van der Waals surface area contributed by atoms with E-state index in [0.29, 0.717) is 23.4 Å². The van der Waals surface area contributed by atoms with Crippen LogP contribution in [0.5, 0.6) is 5.75 Å². The highest BCUT2D eigenvalue weighted by Crippen LogP contribution is 2.21. The highest BCUT2D eigenvalue weighted by Gasteiger charge is 2.13. The predicted octanol–water partition coefficient (Wildman–Crippen LogP) is 3.13. The minimum Gasteiger partial charge on any atom is -0.496 e. The Morgan fingerprint density at radius 3 is 2.67 bits per heavy atom. The third-order valence-electron chi connectivity index (χ3n) is 4.53. The van der Waals surface area contributed by atoms with Crippen molar-refractivity contribution in [2.75, 3.05) is 7.11 Å². The first kappa shape index (κ1) is 18.6. The number of nitrogens with zero attached hydrogens (tertiary/aromatic N) is 2. The number of ketones is 1. The number of aryl methyl sites for hydroxylation is 1. The van der Waals surface area contributed by atoms with E-state index in [1.54, 1.807) is 25.3 Å². The van der Waals surface area contributed by atoms with Gasteiger partial charge in [-0.05, 0) is 44.2 Å². The summed E-state index contributed by atoms with van der Waals surface area (Å²) in [5.74, 6) is 1.21. The summed E-state index contributed by atoms with van der Waals surface area (Å²) in [6, 6.07) is 13.0. The molecular formula is C21H23N3O3. The van der Waals surface area contributed by atoms with Crippen LogP contribution in [0.1, 0.15) is 35.6 Å². The van der Waals surface area contributed by atoms with E-state index in [2.05, 4.69) is 21.8 Å². The number of methoxy groups -OCH3 is 1. The van der Waals surface area contributed by atoms with Crippen LogP contribution >= 0.6 is 0 Å². The average molecular weight is 365 g/mol. The van der Waals surface area contributed by atoms with Gasteiger partial charge in [-0.15, -0.1) is 0 Å². The molecule has 0 aliphatic carbocycles. The number of imidazole rings is 1. The van der Waals surface area contributed by atoms with Crippen molar-refractivity contribution in [1.29, 1.82) is 0 Å². The predicted molar refractivity (Wildman–Crippen MR) is 104 cm³/mol. The smallest absolute Gasteiger partial charge is 0.224 e. The van der Waals surface area contributed by atoms with Crippen LogP contribution in [0.4, 0.5) is 0 Å². The number of hydrogen-bond donors (Lipinski definition) is 1. The second-order valence-corrected chi connectivity index (χ2v) is 6.30. The lowest BCUT2D eigenvalue weighted by Gasteiger charge is -2.11. The number of aromatic nitrogens is 2. The van der Waals surface area contributed by atoms with E-state index in [1.807, 2.05) is 24.3 Å². The normalized spacial score (nSPS) is 10.8. The third kappa shape index (κ3) is 4.00. The largest absolute Gasteiger partial charge is 0.496 e. The van der Waals surface area contributed by atoms with Crippen molar-refractivity contribution < 1.29 is 14.3 Å². The molecule has 0 atom stereocenters. The van der Waals surface area contributed by atoms with Crippen molar-refractivity contribution in [3.8, 4) is 5.75 Å². The first-order valence-corrected chi connectivity index (χ1v) is 8.92. The summed E-state index contributed by atoms with van der Waals surface area (Å²) in [5.41, 5.74) is 3.22. The Labute approximate surface area is 158 Å². The molecule has 1 aromatic heterocycles. The molecule has 0 saturated heterocycles. The Bertz CT molecular complexity index is 992. The lowest BCUT2D eigenvalue weighted by molar-refractivity contribution is -0.120. The molecule has 1 amide bonds. The van der Waals surface area contributed by atoms with E-state index < -0.39 is 0 Å². The molecule has 0 aliphatic heterocycles. The number of para-hydroxylation sites is 2. The van der Waals surface area contributed by atoms with Gasteiger partial charge in [-0.25, -0.2) is 4.98 Å². The zero-order chi connectivity index (χ0) is 19.4. The molecule has 0 unspecified atom stereocenters. The number of nitrogens with one attached hydrogen (secondary N) is 1. The minimum atomic E-state index is -0.149. The van der Waals surface area contributed by atoms with Gasteiger partial charge < -0.3 is 14.6 Å². The lowest BCUT2D eigenvalue weighted by Crippen LogP contribution is -2.26. The van der Waals surface area contributed by atoms with Gasteiger partial charge in [-0.3, -0.25) is 9.59 Å². The molecular weight excluding hydrogens is 342 g/mol. The van der Waals surface area contributed by atoms with E-state index in [4.69, 9.17) is 4.74 Å². The third-order valence-corrected chi connectivity index (χ3v) is 4.53. The van der Waals surface area contributed by atoms with Gasteiger partial charge in [-0.1, -0.05) is 12.1 Å². The van der Waals surface area contributed by atoms with Crippen LogP contribution in [-0.4, -0.2) is 28.4 Å². The maximum atomic E-state index is 12.5. The molecule has 3 aromatic rings. The number of rotatable bonds is 7.